The molecule has 1 atom stereocenters. The van der Waals surface area contributed by atoms with Crippen molar-refractivity contribution in [3.8, 4) is 0 Å². The van der Waals surface area contributed by atoms with Gasteiger partial charge in [0.15, 0.2) is 0 Å². The third-order valence-corrected chi connectivity index (χ3v) is 3.75. The van der Waals surface area contributed by atoms with Crippen molar-refractivity contribution in [1.82, 2.24) is 15.6 Å². The minimum atomic E-state index is 0. The molecule has 1 aromatic rings. The molecule has 1 unspecified atom stereocenters. The Bertz CT molecular complexity index is 381. The Kier molecular flexibility index (Phi) is 9.35. The number of carbonyl (C=O) groups is 1. The Morgan fingerprint density at radius 2 is 2.37 bits per heavy atom. The Morgan fingerprint density at radius 1 is 1.58 bits per heavy atom. The molecule has 7 heteroatoms. The molecule has 0 saturated carbocycles. The van der Waals surface area contributed by atoms with Crippen LogP contribution in [0.25, 0.3) is 0 Å². The second-order valence-corrected chi connectivity index (χ2v) is 5.53. The summed E-state index contributed by atoms with van der Waals surface area (Å²) in [6.45, 7) is 3.94. The van der Waals surface area contributed by atoms with Crippen molar-refractivity contribution in [2.75, 3.05) is 13.1 Å². The topological polar surface area (TPSA) is 54.0 Å². The number of aryl methyl sites for hydroxylation is 2. The van der Waals surface area contributed by atoms with Crippen LogP contribution in [0.4, 0.5) is 0 Å². The average molecular weight is 326 g/mol. The quantitative estimate of drug-likeness (QED) is 0.871. The zero-order valence-corrected chi connectivity index (χ0v) is 13.4. The summed E-state index contributed by atoms with van der Waals surface area (Å²) >= 11 is 1.67. The van der Waals surface area contributed by atoms with Gasteiger partial charge in [-0.3, -0.25) is 4.79 Å². The summed E-state index contributed by atoms with van der Waals surface area (Å²) in [5, 5.41) is 9.47. The summed E-state index contributed by atoms with van der Waals surface area (Å²) in [7, 11) is 0. The van der Waals surface area contributed by atoms with Crippen molar-refractivity contribution in [1.29, 1.82) is 0 Å². The highest BCUT2D eigenvalue weighted by Crippen LogP contribution is 2.10. The first kappa shape index (κ1) is 18.6. The van der Waals surface area contributed by atoms with Crippen LogP contribution in [0.3, 0.4) is 0 Å². The second kappa shape index (κ2) is 9.53. The van der Waals surface area contributed by atoms with Crippen molar-refractivity contribution < 1.29 is 4.79 Å². The minimum absolute atomic E-state index is 0. The van der Waals surface area contributed by atoms with Crippen LogP contribution in [0, 0.1) is 6.92 Å². The van der Waals surface area contributed by atoms with Gasteiger partial charge in [-0.1, -0.05) is 0 Å². The molecule has 110 valence electrons. The van der Waals surface area contributed by atoms with Crippen LogP contribution in [0.1, 0.15) is 30.0 Å². The monoisotopic (exact) mass is 325 g/mol. The normalized spacial score (nSPS) is 17.4. The van der Waals surface area contributed by atoms with Gasteiger partial charge in [0.1, 0.15) is 0 Å². The van der Waals surface area contributed by atoms with Gasteiger partial charge in [-0.25, -0.2) is 4.98 Å². The maximum Gasteiger partial charge on any atom is 0.220 e. The number of nitrogens with one attached hydrogen (secondary N) is 2. The maximum absolute atomic E-state index is 11.6. The summed E-state index contributed by atoms with van der Waals surface area (Å²) < 4.78 is 0. The fourth-order valence-corrected chi connectivity index (χ4v) is 2.68. The molecule has 1 amide bonds. The molecule has 19 heavy (non-hydrogen) atoms. The molecule has 1 aliphatic rings. The first-order chi connectivity index (χ1) is 8.24. The lowest BCUT2D eigenvalue weighted by Gasteiger charge is -2.10. The van der Waals surface area contributed by atoms with Crippen LogP contribution in [0.15, 0.2) is 5.38 Å². The second-order valence-electron chi connectivity index (χ2n) is 4.47. The van der Waals surface area contributed by atoms with Crippen LogP contribution in [0.2, 0.25) is 0 Å². The van der Waals surface area contributed by atoms with E-state index in [1.165, 1.54) is 0 Å². The molecule has 0 spiro atoms. The first-order valence-corrected chi connectivity index (χ1v) is 7.03. The smallest absolute Gasteiger partial charge is 0.220 e. The third kappa shape index (κ3) is 6.56. The molecule has 0 radical (unpaired) electrons. The van der Waals surface area contributed by atoms with Crippen LogP contribution >= 0.6 is 36.2 Å². The fraction of sp³-hybridized carbons (Fsp3) is 0.667. The van der Waals surface area contributed by atoms with Crippen molar-refractivity contribution >= 4 is 42.1 Å². The van der Waals surface area contributed by atoms with Gasteiger partial charge in [0.2, 0.25) is 5.91 Å². The van der Waals surface area contributed by atoms with Gasteiger partial charge in [0.25, 0.3) is 0 Å². The lowest BCUT2D eigenvalue weighted by Crippen LogP contribution is -2.36. The number of thiazole rings is 1. The summed E-state index contributed by atoms with van der Waals surface area (Å²) in [5.41, 5.74) is 1.11. The number of rotatable bonds is 5. The summed E-state index contributed by atoms with van der Waals surface area (Å²) in [6, 6.07) is 0.337. The van der Waals surface area contributed by atoms with Gasteiger partial charge in [-0.15, -0.1) is 36.2 Å². The Hall–Kier alpha value is -0.360. The van der Waals surface area contributed by atoms with Crippen molar-refractivity contribution in [2.45, 2.75) is 38.6 Å². The highest BCUT2D eigenvalue weighted by molar-refractivity contribution is 7.09. The number of halogens is 2. The lowest BCUT2D eigenvalue weighted by molar-refractivity contribution is -0.121. The van der Waals surface area contributed by atoms with Crippen LogP contribution in [-0.4, -0.2) is 30.0 Å². The van der Waals surface area contributed by atoms with E-state index in [1.54, 1.807) is 11.3 Å². The molecule has 1 aromatic heterocycles. The molecule has 0 aliphatic carbocycles. The summed E-state index contributed by atoms with van der Waals surface area (Å²) in [6.07, 6.45) is 3.44. The van der Waals surface area contributed by atoms with E-state index in [0.717, 1.165) is 43.1 Å². The van der Waals surface area contributed by atoms with Gasteiger partial charge in [0, 0.05) is 24.4 Å². The van der Waals surface area contributed by atoms with E-state index in [-0.39, 0.29) is 30.7 Å². The summed E-state index contributed by atoms with van der Waals surface area (Å²) in [4.78, 5) is 16.0. The van der Waals surface area contributed by atoms with E-state index in [4.69, 9.17) is 0 Å². The van der Waals surface area contributed by atoms with Crippen molar-refractivity contribution in [3.63, 3.8) is 0 Å². The SMILES string of the molecule is Cc1nc(CCCC(=O)NC2CCNC2)cs1.Cl.Cl. The molecular weight excluding hydrogens is 305 g/mol. The molecule has 1 saturated heterocycles. The molecule has 2 heterocycles. The molecule has 2 rings (SSSR count). The number of amides is 1. The molecular formula is C12H21Cl2N3OS. The van der Waals surface area contributed by atoms with E-state index < -0.39 is 0 Å². The summed E-state index contributed by atoms with van der Waals surface area (Å²) in [5.74, 6) is 0.172. The number of nitrogens with zero attached hydrogens (tertiary/aromatic N) is 1. The van der Waals surface area contributed by atoms with Gasteiger partial charge < -0.3 is 10.6 Å². The number of hydrogen-bond acceptors (Lipinski definition) is 4. The van der Waals surface area contributed by atoms with Crippen LogP contribution in [-0.2, 0) is 11.2 Å². The predicted molar refractivity (Wildman–Crippen MR) is 83.7 cm³/mol. The zero-order chi connectivity index (χ0) is 12.1. The van der Waals surface area contributed by atoms with Gasteiger partial charge in [-0.2, -0.15) is 0 Å². The average Bonchev–Trinajstić information content (AvgIpc) is 2.90. The number of aromatic nitrogens is 1. The number of carbonyl (C=O) groups excluding carboxylic acids is 1. The van der Waals surface area contributed by atoms with Crippen molar-refractivity contribution in [2.24, 2.45) is 0 Å². The highest BCUT2D eigenvalue weighted by atomic mass is 35.5. The Balaban J connectivity index is 0.00000162. The van der Waals surface area contributed by atoms with Crippen LogP contribution in [0.5, 0.6) is 0 Å². The van der Waals surface area contributed by atoms with Gasteiger partial charge in [-0.05, 0) is 32.7 Å². The highest BCUT2D eigenvalue weighted by Gasteiger charge is 2.16. The molecule has 0 bridgehead atoms. The van der Waals surface area contributed by atoms with E-state index in [9.17, 15) is 4.79 Å². The molecule has 0 aromatic carbocycles. The Labute approximate surface area is 130 Å². The van der Waals surface area contributed by atoms with E-state index >= 15 is 0 Å². The van der Waals surface area contributed by atoms with E-state index in [0.29, 0.717) is 12.5 Å². The van der Waals surface area contributed by atoms with E-state index in [2.05, 4.69) is 21.0 Å². The van der Waals surface area contributed by atoms with E-state index in [1.807, 2.05) is 6.92 Å². The minimum Gasteiger partial charge on any atom is -0.352 e. The molecule has 4 nitrogen and oxygen atoms in total. The Morgan fingerprint density at radius 3 is 2.95 bits per heavy atom. The first-order valence-electron chi connectivity index (χ1n) is 6.15. The standard InChI is InChI=1S/C12H19N3OS.2ClH/c1-9-14-11(8-17-9)3-2-4-12(16)15-10-5-6-13-7-10;;/h8,10,13H,2-7H2,1H3,(H,15,16);2*1H. The molecule has 1 aliphatic heterocycles. The molecule has 1 fully saturated rings. The van der Waals surface area contributed by atoms with Gasteiger partial charge in [0.05, 0.1) is 10.7 Å². The largest absolute Gasteiger partial charge is 0.352 e. The lowest BCUT2D eigenvalue weighted by atomic mass is 10.2. The van der Waals surface area contributed by atoms with Gasteiger partial charge >= 0.3 is 0 Å². The molecule has 2 N–H and O–H groups in total. The van der Waals surface area contributed by atoms with Crippen LogP contribution < -0.4 is 10.6 Å². The fourth-order valence-electron chi connectivity index (χ4n) is 2.03. The van der Waals surface area contributed by atoms with Crippen molar-refractivity contribution in [3.05, 3.63) is 16.1 Å². The zero-order valence-electron chi connectivity index (χ0n) is 11.0. The maximum atomic E-state index is 11.6. The number of hydrogen-bond donors (Lipinski definition) is 2. The predicted octanol–water partition coefficient (Wildman–Crippen LogP) is 2.10. The third-order valence-electron chi connectivity index (χ3n) is 2.93.